The van der Waals surface area contributed by atoms with Crippen LogP contribution in [-0.2, 0) is 6.42 Å². The lowest BCUT2D eigenvalue weighted by Gasteiger charge is -2.29. The summed E-state index contributed by atoms with van der Waals surface area (Å²) in [5.41, 5.74) is 8.49. The molecule has 0 saturated carbocycles. The van der Waals surface area contributed by atoms with Crippen molar-refractivity contribution >= 4 is 26.7 Å². The average Bonchev–Trinajstić information content (AvgIpc) is 2.83. The van der Waals surface area contributed by atoms with Gasteiger partial charge in [-0.2, -0.15) is 0 Å². The minimum Gasteiger partial charge on any atom is -0.348 e. The van der Waals surface area contributed by atoms with Crippen molar-refractivity contribution in [3.8, 4) is 0 Å². The van der Waals surface area contributed by atoms with E-state index in [0.717, 1.165) is 37.5 Å². The van der Waals surface area contributed by atoms with Gasteiger partial charge >= 0.3 is 0 Å². The highest BCUT2D eigenvalue weighted by Crippen LogP contribution is 2.32. The molecule has 2 heterocycles. The number of hydrogen-bond acceptors (Lipinski definition) is 4. The SMILES string of the molecule is CCc1cccc2sc(N3CCC(N)CC3)nc12. The summed E-state index contributed by atoms with van der Waals surface area (Å²) < 4.78 is 1.30. The molecule has 0 bridgehead atoms. The largest absolute Gasteiger partial charge is 0.348 e. The number of benzene rings is 1. The van der Waals surface area contributed by atoms with Gasteiger partial charge in [-0.1, -0.05) is 30.4 Å². The number of nitrogens with two attached hydrogens (primary N) is 1. The van der Waals surface area contributed by atoms with Crippen molar-refractivity contribution in [2.75, 3.05) is 18.0 Å². The molecule has 1 fully saturated rings. The second-order valence-electron chi connectivity index (χ2n) is 4.94. The molecule has 1 aliphatic heterocycles. The van der Waals surface area contributed by atoms with Crippen LogP contribution in [-0.4, -0.2) is 24.1 Å². The Morgan fingerprint density at radius 3 is 2.89 bits per heavy atom. The first kappa shape index (κ1) is 11.9. The zero-order chi connectivity index (χ0) is 12.5. The molecule has 0 amide bonds. The summed E-state index contributed by atoms with van der Waals surface area (Å²) in [6.45, 7) is 4.28. The van der Waals surface area contributed by atoms with Gasteiger partial charge in [-0.05, 0) is 30.9 Å². The number of fused-ring (bicyclic) bond motifs is 1. The van der Waals surface area contributed by atoms with Crippen LogP contribution in [0, 0.1) is 0 Å². The maximum atomic E-state index is 5.95. The van der Waals surface area contributed by atoms with Gasteiger partial charge in [-0.3, -0.25) is 0 Å². The van der Waals surface area contributed by atoms with Crippen LogP contribution in [0.1, 0.15) is 25.3 Å². The average molecular weight is 261 g/mol. The van der Waals surface area contributed by atoms with E-state index in [1.165, 1.54) is 15.8 Å². The fourth-order valence-electron chi connectivity index (χ4n) is 2.51. The van der Waals surface area contributed by atoms with Gasteiger partial charge in [0.05, 0.1) is 10.2 Å². The molecule has 0 aliphatic carbocycles. The highest BCUT2D eigenvalue weighted by Gasteiger charge is 2.19. The third-order valence-corrected chi connectivity index (χ3v) is 4.76. The smallest absolute Gasteiger partial charge is 0.186 e. The number of anilines is 1. The van der Waals surface area contributed by atoms with E-state index in [4.69, 9.17) is 10.7 Å². The fourth-order valence-corrected chi connectivity index (χ4v) is 3.57. The summed E-state index contributed by atoms with van der Waals surface area (Å²) >= 11 is 1.81. The van der Waals surface area contributed by atoms with Gasteiger partial charge in [-0.15, -0.1) is 0 Å². The number of aromatic nitrogens is 1. The van der Waals surface area contributed by atoms with Crippen molar-refractivity contribution in [2.24, 2.45) is 5.73 Å². The van der Waals surface area contributed by atoms with Crippen LogP contribution >= 0.6 is 11.3 Å². The lowest BCUT2D eigenvalue weighted by atomic mass is 10.1. The van der Waals surface area contributed by atoms with E-state index >= 15 is 0 Å². The molecule has 2 N–H and O–H groups in total. The molecule has 1 aromatic carbocycles. The number of thiazole rings is 1. The van der Waals surface area contributed by atoms with E-state index in [-0.39, 0.29) is 0 Å². The molecule has 1 saturated heterocycles. The zero-order valence-corrected chi connectivity index (χ0v) is 11.5. The van der Waals surface area contributed by atoms with Gasteiger partial charge in [0.25, 0.3) is 0 Å². The predicted octanol–water partition coefficient (Wildman–Crippen LogP) is 2.79. The van der Waals surface area contributed by atoms with E-state index in [2.05, 4.69) is 30.0 Å². The highest BCUT2D eigenvalue weighted by atomic mass is 32.1. The minimum absolute atomic E-state index is 0.377. The molecule has 18 heavy (non-hydrogen) atoms. The Kier molecular flexibility index (Phi) is 3.22. The quantitative estimate of drug-likeness (QED) is 0.904. The summed E-state index contributed by atoms with van der Waals surface area (Å²) in [7, 11) is 0. The number of para-hydroxylation sites is 1. The Balaban J connectivity index is 1.93. The van der Waals surface area contributed by atoms with Gasteiger partial charge in [-0.25, -0.2) is 4.98 Å². The molecule has 1 aromatic heterocycles. The highest BCUT2D eigenvalue weighted by molar-refractivity contribution is 7.22. The van der Waals surface area contributed by atoms with Crippen molar-refractivity contribution in [2.45, 2.75) is 32.2 Å². The van der Waals surface area contributed by atoms with Gasteiger partial charge in [0.15, 0.2) is 5.13 Å². The lowest BCUT2D eigenvalue weighted by Crippen LogP contribution is -2.39. The Labute approximate surface area is 112 Å². The zero-order valence-electron chi connectivity index (χ0n) is 10.7. The summed E-state index contributed by atoms with van der Waals surface area (Å²) in [4.78, 5) is 7.22. The van der Waals surface area contributed by atoms with Gasteiger partial charge in [0, 0.05) is 19.1 Å². The fraction of sp³-hybridized carbons (Fsp3) is 0.500. The van der Waals surface area contributed by atoms with Crippen LogP contribution in [0.5, 0.6) is 0 Å². The van der Waals surface area contributed by atoms with Gasteiger partial charge in [0.2, 0.25) is 0 Å². The standard InChI is InChI=1S/C14H19N3S/c1-2-10-4-3-5-12-13(10)16-14(18-12)17-8-6-11(15)7-9-17/h3-5,11H,2,6-9,15H2,1H3. The Hall–Kier alpha value is -1.13. The van der Waals surface area contributed by atoms with Crippen LogP contribution in [0.25, 0.3) is 10.2 Å². The van der Waals surface area contributed by atoms with Crippen LogP contribution < -0.4 is 10.6 Å². The first-order valence-electron chi connectivity index (χ1n) is 6.67. The molecule has 3 nitrogen and oxygen atoms in total. The van der Waals surface area contributed by atoms with Crippen molar-refractivity contribution in [1.29, 1.82) is 0 Å². The van der Waals surface area contributed by atoms with E-state index in [1.54, 1.807) is 0 Å². The maximum Gasteiger partial charge on any atom is 0.186 e. The van der Waals surface area contributed by atoms with Gasteiger partial charge in [0.1, 0.15) is 0 Å². The molecule has 0 unspecified atom stereocenters. The topological polar surface area (TPSA) is 42.1 Å². The van der Waals surface area contributed by atoms with E-state index in [1.807, 2.05) is 11.3 Å². The molecule has 0 atom stereocenters. The van der Waals surface area contributed by atoms with Crippen LogP contribution in [0.4, 0.5) is 5.13 Å². The van der Waals surface area contributed by atoms with Crippen LogP contribution in [0.3, 0.4) is 0 Å². The Morgan fingerprint density at radius 1 is 1.39 bits per heavy atom. The molecule has 4 heteroatoms. The second kappa shape index (κ2) is 4.86. The Morgan fingerprint density at radius 2 is 2.17 bits per heavy atom. The first-order chi connectivity index (χ1) is 8.78. The minimum atomic E-state index is 0.377. The van der Waals surface area contributed by atoms with Crippen LogP contribution in [0.15, 0.2) is 18.2 Å². The maximum absolute atomic E-state index is 5.95. The van der Waals surface area contributed by atoms with E-state index < -0.39 is 0 Å². The molecule has 1 aliphatic rings. The van der Waals surface area contributed by atoms with Crippen LogP contribution in [0.2, 0.25) is 0 Å². The number of aryl methyl sites for hydroxylation is 1. The predicted molar refractivity (Wildman–Crippen MR) is 78.4 cm³/mol. The van der Waals surface area contributed by atoms with Crippen molar-refractivity contribution in [1.82, 2.24) is 4.98 Å². The second-order valence-corrected chi connectivity index (χ2v) is 5.95. The summed E-state index contributed by atoms with van der Waals surface area (Å²) in [6, 6.07) is 6.86. The monoisotopic (exact) mass is 261 g/mol. The van der Waals surface area contributed by atoms with Crippen molar-refractivity contribution in [3.63, 3.8) is 0 Å². The molecule has 2 aromatic rings. The third kappa shape index (κ3) is 2.10. The third-order valence-electron chi connectivity index (χ3n) is 3.68. The van der Waals surface area contributed by atoms with Crippen molar-refractivity contribution in [3.05, 3.63) is 23.8 Å². The van der Waals surface area contributed by atoms with E-state index in [0.29, 0.717) is 6.04 Å². The molecule has 96 valence electrons. The van der Waals surface area contributed by atoms with E-state index in [9.17, 15) is 0 Å². The molecular formula is C14H19N3S. The Bertz CT molecular complexity index is 541. The first-order valence-corrected chi connectivity index (χ1v) is 7.48. The lowest BCUT2D eigenvalue weighted by molar-refractivity contribution is 0.501. The summed E-state index contributed by atoms with van der Waals surface area (Å²) in [5.74, 6) is 0. The molecule has 0 spiro atoms. The number of piperidine rings is 1. The summed E-state index contributed by atoms with van der Waals surface area (Å²) in [5, 5.41) is 1.16. The molecule has 0 radical (unpaired) electrons. The van der Waals surface area contributed by atoms with Gasteiger partial charge < -0.3 is 10.6 Å². The number of nitrogens with zero attached hydrogens (tertiary/aromatic N) is 2. The summed E-state index contributed by atoms with van der Waals surface area (Å²) in [6.07, 6.45) is 3.21. The van der Waals surface area contributed by atoms with Crippen molar-refractivity contribution < 1.29 is 0 Å². The normalized spacial score (nSPS) is 17.6. The molecular weight excluding hydrogens is 242 g/mol. The molecule has 3 rings (SSSR count). The number of rotatable bonds is 2. The number of hydrogen-bond donors (Lipinski definition) is 1.